The molecule has 4 aliphatic rings. The van der Waals surface area contributed by atoms with E-state index >= 15 is 0 Å². The maximum absolute atomic E-state index is 14.0. The fourth-order valence-corrected chi connectivity index (χ4v) is 8.25. The van der Waals surface area contributed by atoms with Crippen LogP contribution in [-0.2, 0) is 22.4 Å². The number of benzene rings is 2. The van der Waals surface area contributed by atoms with Crippen molar-refractivity contribution in [2.45, 2.75) is 84.8 Å². The lowest BCUT2D eigenvalue weighted by Gasteiger charge is -2.46. The number of likely N-dealkylation sites (tertiary alicyclic amines) is 3. The number of aromatic hydroxyl groups is 1. The summed E-state index contributed by atoms with van der Waals surface area (Å²) in [6.07, 6.45) is 4.41. The Kier molecular flexibility index (Phi) is 11.4. The summed E-state index contributed by atoms with van der Waals surface area (Å²) in [5, 5.41) is 25.7. The molecule has 0 spiro atoms. The molecule has 0 aliphatic carbocycles. The molecule has 49 heavy (non-hydrogen) atoms. The molecule has 4 aliphatic heterocycles. The van der Waals surface area contributed by atoms with E-state index < -0.39 is 12.2 Å². The highest BCUT2D eigenvalue weighted by atomic mass is 16.6. The van der Waals surface area contributed by atoms with Crippen molar-refractivity contribution in [2.75, 3.05) is 58.2 Å². The molecule has 0 unspecified atom stereocenters. The van der Waals surface area contributed by atoms with Gasteiger partial charge in [-0.1, -0.05) is 37.8 Å². The molecule has 268 valence electrons. The monoisotopic (exact) mass is 677 g/mol. The molecule has 3 fully saturated rings. The number of quaternary nitrogens is 1. The second kappa shape index (κ2) is 15.4. The number of hydrogen-bond donors (Lipinski definition) is 2. The zero-order chi connectivity index (χ0) is 34.0. The first-order valence-electron chi connectivity index (χ1n) is 17.7. The zero-order valence-electron chi connectivity index (χ0n) is 28.7. The molecule has 11 nitrogen and oxygen atoms in total. The molecule has 1 atom stereocenters. The minimum atomic E-state index is -0.988. The zero-order valence-corrected chi connectivity index (χ0v) is 28.7. The van der Waals surface area contributed by atoms with E-state index in [1.807, 2.05) is 60.0 Å². The number of anilines is 1. The number of phenols is 1. The van der Waals surface area contributed by atoms with Crippen molar-refractivity contribution in [1.82, 2.24) is 14.7 Å². The number of hydroxylamine groups is 3. The SMILES string of the molecule is C.Cc1cc(C[C@@H](OC(=O)N2CCC(N3CCc4ccccc4NC3=O)CC2)C(=O)N2CCC(C3CC[N+](C)([O-])CC3)CC2)cc(C)c1O. The van der Waals surface area contributed by atoms with Crippen LogP contribution in [0.15, 0.2) is 36.4 Å². The third-order valence-electron chi connectivity index (χ3n) is 11.3. The van der Waals surface area contributed by atoms with Gasteiger partial charge in [0.2, 0.25) is 0 Å². The van der Waals surface area contributed by atoms with Crippen LogP contribution in [0.3, 0.4) is 0 Å². The van der Waals surface area contributed by atoms with Crippen molar-refractivity contribution < 1.29 is 28.9 Å². The molecule has 6 rings (SSSR count). The van der Waals surface area contributed by atoms with Gasteiger partial charge in [-0.05, 0) is 86.1 Å². The van der Waals surface area contributed by atoms with Gasteiger partial charge in [-0.25, -0.2) is 9.59 Å². The number of aryl methyl sites for hydroxylation is 2. The van der Waals surface area contributed by atoms with Gasteiger partial charge in [0.15, 0.2) is 6.10 Å². The Morgan fingerprint density at radius 2 is 1.53 bits per heavy atom. The van der Waals surface area contributed by atoms with E-state index in [1.54, 1.807) is 11.9 Å². The largest absolute Gasteiger partial charge is 0.633 e. The van der Waals surface area contributed by atoms with Crippen molar-refractivity contribution in [3.8, 4) is 5.75 Å². The lowest BCUT2D eigenvalue weighted by Crippen LogP contribution is -2.52. The molecular weight excluding hydrogens is 622 g/mol. The third-order valence-corrected chi connectivity index (χ3v) is 11.3. The standard InChI is InChI=1S/C37H51N5O6.CH4/c1-25-22-27(23-26(2)34(25)43)24-33(35(44)39-15-8-28(9-16-39)29-13-20-42(3,47)21-14-29)48-37(46)40-17-11-31(12-18-40)41-19-10-30-6-4-5-7-32(30)38-36(41)45;/h4-7,22-23,28-29,31,33,43H,8-21,24H2,1-3H3,(H,38,45);1H4/t29?,33-,42?;/m1./s1. The number of nitrogens with one attached hydrogen (secondary N) is 1. The molecule has 4 amide bonds. The topological polar surface area (TPSA) is 125 Å². The first-order valence-corrected chi connectivity index (χ1v) is 17.7. The fourth-order valence-electron chi connectivity index (χ4n) is 8.25. The smallest absolute Gasteiger partial charge is 0.410 e. The van der Waals surface area contributed by atoms with Crippen LogP contribution in [0.25, 0.3) is 0 Å². The number of fused-ring (bicyclic) bond motifs is 1. The Labute approximate surface area is 291 Å². The van der Waals surface area contributed by atoms with E-state index in [2.05, 4.69) is 5.32 Å². The molecule has 0 radical (unpaired) electrons. The number of amides is 4. The summed E-state index contributed by atoms with van der Waals surface area (Å²) in [4.78, 5) is 46.1. The second-order valence-corrected chi connectivity index (χ2v) is 14.6. The molecule has 0 bridgehead atoms. The van der Waals surface area contributed by atoms with Gasteiger partial charge in [0.1, 0.15) is 5.75 Å². The van der Waals surface area contributed by atoms with Gasteiger partial charge in [-0.15, -0.1) is 0 Å². The van der Waals surface area contributed by atoms with Crippen LogP contribution >= 0.6 is 0 Å². The summed E-state index contributed by atoms with van der Waals surface area (Å²) >= 11 is 0. The summed E-state index contributed by atoms with van der Waals surface area (Å²) in [5.74, 6) is 1.06. The number of hydrogen-bond acceptors (Lipinski definition) is 6. The Balaban J connectivity index is 0.00000468. The Hall–Kier alpha value is -3.83. The molecular formula is C38H55N5O6. The first-order chi connectivity index (χ1) is 23.0. The van der Waals surface area contributed by atoms with Crippen molar-refractivity contribution >= 4 is 23.7 Å². The first kappa shape index (κ1) is 36.5. The van der Waals surface area contributed by atoms with Crippen LogP contribution in [0.1, 0.15) is 68.2 Å². The van der Waals surface area contributed by atoms with Crippen LogP contribution in [0.2, 0.25) is 0 Å². The lowest BCUT2D eigenvalue weighted by molar-refractivity contribution is -0.867. The van der Waals surface area contributed by atoms with E-state index in [1.165, 1.54) is 0 Å². The van der Waals surface area contributed by atoms with E-state index in [0.717, 1.165) is 48.9 Å². The average molecular weight is 678 g/mol. The van der Waals surface area contributed by atoms with Gasteiger partial charge in [0, 0.05) is 63.7 Å². The van der Waals surface area contributed by atoms with Crippen LogP contribution in [-0.4, -0.2) is 107 Å². The van der Waals surface area contributed by atoms with E-state index in [-0.39, 0.29) is 42.2 Å². The number of para-hydroxylation sites is 1. The lowest BCUT2D eigenvalue weighted by atomic mass is 9.78. The minimum Gasteiger partial charge on any atom is -0.633 e. The van der Waals surface area contributed by atoms with Gasteiger partial charge in [-0.2, -0.15) is 0 Å². The molecule has 2 aromatic rings. The van der Waals surface area contributed by atoms with E-state index in [9.17, 15) is 24.7 Å². The van der Waals surface area contributed by atoms with Crippen molar-refractivity contribution in [1.29, 1.82) is 0 Å². The maximum Gasteiger partial charge on any atom is 0.410 e. The van der Waals surface area contributed by atoms with Gasteiger partial charge in [-0.3, -0.25) is 4.79 Å². The summed E-state index contributed by atoms with van der Waals surface area (Å²) < 4.78 is 5.90. The number of rotatable bonds is 6. The molecule has 11 heteroatoms. The van der Waals surface area contributed by atoms with E-state index in [4.69, 9.17) is 4.74 Å². The molecule has 0 saturated carbocycles. The minimum absolute atomic E-state index is 0. The predicted molar refractivity (Wildman–Crippen MR) is 190 cm³/mol. The maximum atomic E-state index is 14.0. The summed E-state index contributed by atoms with van der Waals surface area (Å²) in [7, 11) is 1.76. The Bertz CT molecular complexity index is 1460. The summed E-state index contributed by atoms with van der Waals surface area (Å²) in [6, 6.07) is 11.5. The van der Waals surface area contributed by atoms with Crippen LogP contribution in [0.4, 0.5) is 15.3 Å². The summed E-state index contributed by atoms with van der Waals surface area (Å²) in [6.45, 7) is 7.68. The fraction of sp³-hybridized carbons (Fsp3) is 0.605. The van der Waals surface area contributed by atoms with E-state index in [0.29, 0.717) is 81.6 Å². The highest BCUT2D eigenvalue weighted by molar-refractivity contribution is 5.91. The normalized spacial score (nSPS) is 24.3. The second-order valence-electron chi connectivity index (χ2n) is 14.6. The van der Waals surface area contributed by atoms with Gasteiger partial charge >= 0.3 is 12.1 Å². The highest BCUT2D eigenvalue weighted by Gasteiger charge is 2.37. The Morgan fingerprint density at radius 3 is 2.18 bits per heavy atom. The Morgan fingerprint density at radius 1 is 0.939 bits per heavy atom. The van der Waals surface area contributed by atoms with Gasteiger partial charge < -0.3 is 39.7 Å². The average Bonchev–Trinajstić information content (AvgIpc) is 3.24. The summed E-state index contributed by atoms with van der Waals surface area (Å²) in [5.41, 5.74) is 4.23. The van der Waals surface area contributed by atoms with Crippen LogP contribution in [0.5, 0.6) is 5.75 Å². The number of ether oxygens (including phenoxy) is 1. The van der Waals surface area contributed by atoms with Crippen LogP contribution in [0, 0.1) is 30.9 Å². The van der Waals surface area contributed by atoms with Crippen molar-refractivity contribution in [2.24, 2.45) is 11.8 Å². The van der Waals surface area contributed by atoms with Crippen molar-refractivity contribution in [3.63, 3.8) is 0 Å². The van der Waals surface area contributed by atoms with Gasteiger partial charge in [0.25, 0.3) is 5.91 Å². The number of phenolic OH excluding ortho intramolecular Hbond substituents is 1. The van der Waals surface area contributed by atoms with Crippen LogP contribution < -0.4 is 5.32 Å². The molecule has 0 aromatic heterocycles. The molecule has 4 heterocycles. The number of piperidine rings is 3. The number of carbonyl (C=O) groups is 3. The number of carbonyl (C=O) groups excluding carboxylic acids is 3. The van der Waals surface area contributed by atoms with Gasteiger partial charge in [0.05, 0.1) is 20.1 Å². The molecule has 3 saturated heterocycles. The molecule has 2 N–H and O–H groups in total. The third kappa shape index (κ3) is 8.49. The predicted octanol–water partition coefficient (Wildman–Crippen LogP) is 5.84. The molecule has 2 aromatic carbocycles. The highest BCUT2D eigenvalue weighted by Crippen LogP contribution is 2.34. The number of nitrogens with zero attached hydrogens (tertiary/aromatic N) is 4. The number of urea groups is 1. The van der Waals surface area contributed by atoms with Crippen molar-refractivity contribution in [3.05, 3.63) is 63.9 Å². The quantitative estimate of drug-likeness (QED) is 0.293.